The first kappa shape index (κ1) is 30.2. The highest BCUT2D eigenvalue weighted by molar-refractivity contribution is 7.09. The van der Waals surface area contributed by atoms with Crippen molar-refractivity contribution >= 4 is 22.7 Å². The normalized spacial score (nSPS) is 11.4. The second-order valence-electron chi connectivity index (χ2n) is 8.46. The van der Waals surface area contributed by atoms with E-state index in [0.29, 0.717) is 0 Å². The van der Waals surface area contributed by atoms with Crippen LogP contribution in [-0.2, 0) is 0 Å². The molecule has 0 spiro atoms. The number of H-pyrrole nitrogens is 2. The molecule has 4 aromatic rings. The van der Waals surface area contributed by atoms with Crippen LogP contribution in [0.15, 0.2) is 46.5 Å². The lowest BCUT2D eigenvalue weighted by atomic mass is 10.3. The highest BCUT2D eigenvalue weighted by Crippen LogP contribution is 2.14. The van der Waals surface area contributed by atoms with Crippen molar-refractivity contribution in [3.63, 3.8) is 0 Å². The number of imidazole rings is 2. The predicted molar refractivity (Wildman–Crippen MR) is 151 cm³/mol. The minimum atomic E-state index is 0.984. The molecule has 0 amide bonds. The van der Waals surface area contributed by atoms with Crippen molar-refractivity contribution in [3.05, 3.63) is 90.9 Å². The largest absolute Gasteiger partial charge is 0.346 e. The summed E-state index contributed by atoms with van der Waals surface area (Å²) in [5, 5.41) is 6.40. The molecule has 6 nitrogen and oxygen atoms in total. The topological polar surface area (TPSA) is 83.1 Å². The van der Waals surface area contributed by atoms with Crippen molar-refractivity contribution in [2.45, 2.75) is 75.7 Å². The van der Waals surface area contributed by atoms with Crippen molar-refractivity contribution in [2.24, 2.45) is 0 Å². The lowest BCUT2D eigenvalue weighted by Crippen LogP contribution is -1.70. The molecular formula is C27H40N6S2. The van der Waals surface area contributed by atoms with Crippen molar-refractivity contribution in [2.75, 3.05) is 0 Å². The molecule has 4 heterocycles. The third-order valence-corrected chi connectivity index (χ3v) is 6.13. The highest BCUT2D eigenvalue weighted by Gasteiger charge is 1.94. The van der Waals surface area contributed by atoms with Gasteiger partial charge in [0.05, 0.1) is 10.0 Å². The number of hydrogen-bond donors (Lipinski definition) is 2. The second-order valence-corrected chi connectivity index (χ2v) is 10.6. The standard InChI is InChI=1S/C7H10.2C5H8N2.2C5H7NS/c1-6-3-4-7(2)5-6;2*1-4-3-6-5(2)7-4;2*1-4-3-7-5(2)6-4/h3,5H,4H2,1-2H3;2*3H,1-2H3,(H,6,7);2*3H,1-2H3. The van der Waals surface area contributed by atoms with Crippen molar-refractivity contribution in [1.29, 1.82) is 0 Å². The molecular weight excluding hydrogens is 472 g/mol. The molecule has 0 saturated heterocycles. The number of aromatic amines is 2. The molecule has 0 bridgehead atoms. The molecule has 0 radical (unpaired) electrons. The molecule has 8 heteroatoms. The number of allylic oxidation sites excluding steroid dienone is 4. The van der Waals surface area contributed by atoms with Crippen LogP contribution in [0.2, 0.25) is 0 Å². The van der Waals surface area contributed by atoms with E-state index in [1.165, 1.54) is 17.6 Å². The Labute approximate surface area is 218 Å². The molecule has 0 atom stereocenters. The van der Waals surface area contributed by atoms with Gasteiger partial charge in [0.1, 0.15) is 11.6 Å². The van der Waals surface area contributed by atoms with Gasteiger partial charge in [0.15, 0.2) is 0 Å². The smallest absolute Gasteiger partial charge is 0.103 e. The van der Waals surface area contributed by atoms with E-state index in [9.17, 15) is 0 Å². The fourth-order valence-corrected chi connectivity index (χ4v) is 4.04. The molecule has 5 rings (SSSR count). The third-order valence-electron chi connectivity index (χ3n) is 4.35. The van der Waals surface area contributed by atoms with Gasteiger partial charge in [-0.05, 0) is 75.7 Å². The molecule has 190 valence electrons. The average molecular weight is 513 g/mol. The summed E-state index contributed by atoms with van der Waals surface area (Å²) in [5.74, 6) is 1.97. The summed E-state index contributed by atoms with van der Waals surface area (Å²) in [6.45, 7) is 20.2. The van der Waals surface area contributed by atoms with Gasteiger partial charge in [-0.15, -0.1) is 22.7 Å². The first-order chi connectivity index (χ1) is 16.4. The Hall–Kier alpha value is -2.84. The van der Waals surface area contributed by atoms with Crippen LogP contribution < -0.4 is 0 Å². The Balaban J connectivity index is 0.000000219. The summed E-state index contributed by atoms with van der Waals surface area (Å²) < 4.78 is 0. The molecule has 0 saturated carbocycles. The maximum absolute atomic E-state index is 4.13. The van der Waals surface area contributed by atoms with Crippen molar-refractivity contribution < 1.29 is 0 Å². The molecule has 0 fully saturated rings. The average Bonchev–Trinajstić information content (AvgIpc) is 3.59. The minimum Gasteiger partial charge on any atom is -0.346 e. The number of rotatable bonds is 0. The fraction of sp³-hybridized carbons (Fsp3) is 0.407. The summed E-state index contributed by atoms with van der Waals surface area (Å²) in [4.78, 5) is 22.2. The first-order valence-corrected chi connectivity index (χ1v) is 13.3. The molecule has 0 unspecified atom stereocenters. The Morgan fingerprint density at radius 3 is 1.17 bits per heavy atom. The summed E-state index contributed by atoms with van der Waals surface area (Å²) in [6.07, 6.45) is 9.27. The number of thiazole rings is 2. The molecule has 1 aliphatic carbocycles. The molecule has 2 N–H and O–H groups in total. The van der Waals surface area contributed by atoms with E-state index in [1.807, 2.05) is 67.8 Å². The van der Waals surface area contributed by atoms with Gasteiger partial charge in [-0.25, -0.2) is 19.9 Å². The minimum absolute atomic E-state index is 0.984. The summed E-state index contributed by atoms with van der Waals surface area (Å²) in [7, 11) is 0. The van der Waals surface area contributed by atoms with Gasteiger partial charge < -0.3 is 9.97 Å². The summed E-state index contributed by atoms with van der Waals surface area (Å²) in [6, 6.07) is 0. The number of hydrogen-bond acceptors (Lipinski definition) is 6. The van der Waals surface area contributed by atoms with Crippen molar-refractivity contribution in [1.82, 2.24) is 29.9 Å². The van der Waals surface area contributed by atoms with Gasteiger partial charge in [0.2, 0.25) is 0 Å². The molecule has 0 aromatic carbocycles. The van der Waals surface area contributed by atoms with E-state index >= 15 is 0 Å². The quantitative estimate of drug-likeness (QED) is 0.251. The van der Waals surface area contributed by atoms with E-state index in [0.717, 1.165) is 44.4 Å². The van der Waals surface area contributed by atoms with Crippen LogP contribution in [0.1, 0.15) is 64.7 Å². The SMILES string of the molecule is CC1=CCC(C)=C1.Cc1cnc(C)[nH]1.Cc1cnc(C)[nH]1.Cc1csc(C)n1.Cc1csc(C)n1. The predicted octanol–water partition coefficient (Wildman–Crippen LogP) is 7.86. The molecule has 4 aromatic heterocycles. The van der Waals surface area contributed by atoms with E-state index in [-0.39, 0.29) is 0 Å². The summed E-state index contributed by atoms with van der Waals surface area (Å²) >= 11 is 3.39. The second kappa shape index (κ2) is 15.9. The van der Waals surface area contributed by atoms with Crippen molar-refractivity contribution in [3.8, 4) is 0 Å². The van der Waals surface area contributed by atoms with Crippen LogP contribution in [0.3, 0.4) is 0 Å². The fourth-order valence-electron chi connectivity index (χ4n) is 2.86. The van der Waals surface area contributed by atoms with E-state index in [4.69, 9.17) is 0 Å². The van der Waals surface area contributed by atoms with E-state index in [2.05, 4.69) is 66.7 Å². The van der Waals surface area contributed by atoms with Gasteiger partial charge in [-0.3, -0.25) is 0 Å². The lowest BCUT2D eigenvalue weighted by molar-refractivity contribution is 1.13. The van der Waals surface area contributed by atoms with Crippen LogP contribution in [-0.4, -0.2) is 29.9 Å². The zero-order valence-corrected chi connectivity index (χ0v) is 24.4. The zero-order valence-electron chi connectivity index (χ0n) is 22.8. The van der Waals surface area contributed by atoms with Crippen LogP contribution in [0.4, 0.5) is 0 Å². The van der Waals surface area contributed by atoms with Crippen LogP contribution >= 0.6 is 22.7 Å². The van der Waals surface area contributed by atoms with E-state index in [1.54, 1.807) is 22.7 Å². The van der Waals surface area contributed by atoms with Gasteiger partial charge in [0, 0.05) is 45.9 Å². The molecule has 35 heavy (non-hydrogen) atoms. The monoisotopic (exact) mass is 512 g/mol. The zero-order chi connectivity index (χ0) is 26.4. The Morgan fingerprint density at radius 1 is 0.657 bits per heavy atom. The number of aromatic nitrogens is 6. The van der Waals surface area contributed by atoms with E-state index < -0.39 is 0 Å². The van der Waals surface area contributed by atoms with Crippen LogP contribution in [0.25, 0.3) is 0 Å². The number of nitrogens with zero attached hydrogens (tertiary/aromatic N) is 4. The number of aryl methyl sites for hydroxylation is 8. The molecule has 0 aliphatic heterocycles. The Morgan fingerprint density at radius 2 is 1.09 bits per heavy atom. The maximum atomic E-state index is 4.13. The van der Waals surface area contributed by atoms with Crippen LogP contribution in [0, 0.1) is 55.4 Å². The Bertz CT molecular complexity index is 971. The van der Waals surface area contributed by atoms with Gasteiger partial charge in [-0.1, -0.05) is 23.3 Å². The van der Waals surface area contributed by atoms with Crippen LogP contribution in [0.5, 0.6) is 0 Å². The first-order valence-electron chi connectivity index (χ1n) is 11.5. The Kier molecular flexibility index (Phi) is 13.8. The van der Waals surface area contributed by atoms with Gasteiger partial charge >= 0.3 is 0 Å². The lowest BCUT2D eigenvalue weighted by Gasteiger charge is -1.79. The molecule has 1 aliphatic rings. The number of nitrogens with one attached hydrogen (secondary N) is 2. The van der Waals surface area contributed by atoms with Gasteiger partial charge in [0.25, 0.3) is 0 Å². The third kappa shape index (κ3) is 14.9. The highest BCUT2D eigenvalue weighted by atomic mass is 32.1. The maximum Gasteiger partial charge on any atom is 0.103 e. The van der Waals surface area contributed by atoms with Gasteiger partial charge in [-0.2, -0.15) is 0 Å². The summed E-state index contributed by atoms with van der Waals surface area (Å²) in [5.41, 5.74) is 7.40.